The molecule has 0 radical (unpaired) electrons. The molecule has 0 saturated carbocycles. The fourth-order valence-corrected chi connectivity index (χ4v) is 3.08. The number of hydrogen-bond acceptors (Lipinski definition) is 2. The quantitative estimate of drug-likeness (QED) is 0.481. The molecule has 0 aliphatic carbocycles. The summed E-state index contributed by atoms with van der Waals surface area (Å²) >= 11 is 0. The maximum atomic E-state index is 13.7. The van der Waals surface area contributed by atoms with Crippen molar-refractivity contribution in [3.63, 3.8) is 0 Å². The van der Waals surface area contributed by atoms with Crippen molar-refractivity contribution >= 4 is 17.5 Å². The van der Waals surface area contributed by atoms with Gasteiger partial charge in [-0.2, -0.15) is 0 Å². The van der Waals surface area contributed by atoms with E-state index in [-0.39, 0.29) is 23.5 Å². The lowest BCUT2D eigenvalue weighted by Gasteiger charge is -2.32. The number of para-hydroxylation sites is 1. The lowest BCUT2D eigenvalue weighted by atomic mass is 10.2. The molecule has 1 aliphatic rings. The summed E-state index contributed by atoms with van der Waals surface area (Å²) in [4.78, 5) is 26.6. The van der Waals surface area contributed by atoms with Crippen molar-refractivity contribution in [2.24, 2.45) is 0 Å². The van der Waals surface area contributed by atoms with Gasteiger partial charge in [-0.05, 0) is 25.5 Å². The minimum atomic E-state index is -0.426. The van der Waals surface area contributed by atoms with Crippen LogP contribution in [-0.4, -0.2) is 57.1 Å². The van der Waals surface area contributed by atoms with Crippen molar-refractivity contribution in [2.75, 3.05) is 44.6 Å². The number of nitrogens with one attached hydrogen (secondary N) is 4. The zero-order valence-corrected chi connectivity index (χ0v) is 15.0. The normalized spacial score (nSPS) is 21.4. The van der Waals surface area contributed by atoms with Crippen molar-refractivity contribution in [1.29, 1.82) is 0 Å². The summed E-state index contributed by atoms with van der Waals surface area (Å²) in [7, 11) is 0. The number of halogens is 1. The number of quaternary nitrogens is 2. The Balaban J connectivity index is 1.78. The van der Waals surface area contributed by atoms with Crippen LogP contribution in [0.4, 0.5) is 10.1 Å². The Bertz CT molecular complexity index is 588. The molecule has 0 aromatic heterocycles. The molecule has 7 heteroatoms. The molecule has 25 heavy (non-hydrogen) atoms. The number of amides is 2. The van der Waals surface area contributed by atoms with Gasteiger partial charge >= 0.3 is 0 Å². The number of hydrogen-bond donors (Lipinski definition) is 4. The summed E-state index contributed by atoms with van der Waals surface area (Å²) in [5.41, 5.74) is 0.218. The second-order valence-electron chi connectivity index (χ2n) is 6.63. The topological polar surface area (TPSA) is 67.1 Å². The highest BCUT2D eigenvalue weighted by Gasteiger charge is 2.31. The van der Waals surface area contributed by atoms with Crippen molar-refractivity contribution in [3.05, 3.63) is 30.1 Å². The number of piperazine rings is 1. The fourth-order valence-electron chi connectivity index (χ4n) is 3.08. The van der Waals surface area contributed by atoms with Crippen LogP contribution < -0.4 is 20.4 Å². The maximum absolute atomic E-state index is 13.7. The molecule has 0 unspecified atom stereocenters. The van der Waals surface area contributed by atoms with Gasteiger partial charge in [0.2, 0.25) is 0 Å². The van der Waals surface area contributed by atoms with Gasteiger partial charge in [0.25, 0.3) is 11.8 Å². The van der Waals surface area contributed by atoms with E-state index in [9.17, 15) is 14.0 Å². The largest absolute Gasteiger partial charge is 0.351 e. The number of benzene rings is 1. The van der Waals surface area contributed by atoms with Crippen LogP contribution in [0.5, 0.6) is 0 Å². The van der Waals surface area contributed by atoms with Crippen molar-refractivity contribution < 1.29 is 23.8 Å². The van der Waals surface area contributed by atoms with Crippen LogP contribution >= 0.6 is 0 Å². The van der Waals surface area contributed by atoms with Crippen LogP contribution in [0.2, 0.25) is 0 Å². The molecule has 1 aromatic carbocycles. The van der Waals surface area contributed by atoms with E-state index in [1.807, 2.05) is 13.8 Å². The molecule has 1 atom stereocenters. The van der Waals surface area contributed by atoms with Crippen molar-refractivity contribution in [1.82, 2.24) is 5.32 Å². The van der Waals surface area contributed by atoms with Crippen LogP contribution in [0.25, 0.3) is 0 Å². The maximum Gasteiger partial charge on any atom is 0.282 e. The minimum absolute atomic E-state index is 0.0886. The van der Waals surface area contributed by atoms with Crippen LogP contribution in [0.3, 0.4) is 0 Å². The standard InChI is InChI=1S/C18H27FN4O2/c1-3-8-20-17(24)13-22-9-11-23(12-10-22)14(2)18(25)21-16-7-5-4-6-15(16)19/h4-7,14H,3,8-13H2,1-2H3,(H,20,24)(H,21,25)/p+2/t14-/m0/s1. The molecule has 1 fully saturated rings. The van der Waals surface area contributed by atoms with Crippen LogP contribution in [-0.2, 0) is 9.59 Å². The van der Waals surface area contributed by atoms with Gasteiger partial charge in [-0.15, -0.1) is 0 Å². The summed E-state index contributed by atoms with van der Waals surface area (Å²) in [5.74, 6) is -0.514. The van der Waals surface area contributed by atoms with Crippen molar-refractivity contribution in [3.8, 4) is 0 Å². The lowest BCUT2D eigenvalue weighted by Crippen LogP contribution is -3.30. The van der Waals surface area contributed by atoms with Crippen LogP contribution in [0.1, 0.15) is 20.3 Å². The Morgan fingerprint density at radius 3 is 2.52 bits per heavy atom. The highest BCUT2D eigenvalue weighted by molar-refractivity contribution is 5.93. The number of anilines is 1. The molecule has 0 bridgehead atoms. The van der Waals surface area contributed by atoms with Gasteiger partial charge < -0.3 is 20.4 Å². The Morgan fingerprint density at radius 2 is 1.88 bits per heavy atom. The summed E-state index contributed by atoms with van der Waals surface area (Å²) in [6.45, 7) is 8.45. The van der Waals surface area contributed by atoms with E-state index in [2.05, 4.69) is 10.6 Å². The molecule has 138 valence electrons. The number of rotatable bonds is 7. The fraction of sp³-hybridized carbons (Fsp3) is 0.556. The molecule has 2 rings (SSSR count). The van der Waals surface area contributed by atoms with E-state index in [1.54, 1.807) is 18.2 Å². The third-order valence-corrected chi connectivity index (χ3v) is 4.72. The molecule has 1 heterocycles. The SMILES string of the molecule is CCCNC(=O)C[NH+]1CC[NH+]([C@@H](C)C(=O)Nc2ccccc2F)CC1. The number of carbonyl (C=O) groups excluding carboxylic acids is 2. The Kier molecular flexibility index (Phi) is 7.33. The first kappa shape index (κ1) is 19.3. The third kappa shape index (κ3) is 5.79. The second-order valence-corrected chi connectivity index (χ2v) is 6.63. The molecular weight excluding hydrogens is 323 g/mol. The predicted octanol–water partition coefficient (Wildman–Crippen LogP) is -1.54. The summed E-state index contributed by atoms with van der Waals surface area (Å²) in [6, 6.07) is 5.93. The zero-order valence-electron chi connectivity index (χ0n) is 15.0. The first-order valence-corrected chi connectivity index (χ1v) is 9.01. The molecule has 1 aromatic rings. The Hall–Kier alpha value is -1.99. The first-order chi connectivity index (χ1) is 12.0. The molecular formula is C18H29FN4O2+2. The van der Waals surface area contributed by atoms with Gasteiger partial charge in [-0.1, -0.05) is 19.1 Å². The summed E-state index contributed by atoms with van der Waals surface area (Å²) in [6.07, 6.45) is 0.938. The smallest absolute Gasteiger partial charge is 0.282 e. The average molecular weight is 352 g/mol. The summed E-state index contributed by atoms with van der Waals surface area (Å²) < 4.78 is 13.7. The zero-order chi connectivity index (χ0) is 18.2. The Morgan fingerprint density at radius 1 is 1.20 bits per heavy atom. The van der Waals surface area contributed by atoms with Crippen molar-refractivity contribution in [2.45, 2.75) is 26.3 Å². The monoisotopic (exact) mass is 352 g/mol. The highest BCUT2D eigenvalue weighted by atomic mass is 19.1. The minimum Gasteiger partial charge on any atom is -0.351 e. The summed E-state index contributed by atoms with van der Waals surface area (Å²) in [5, 5.41) is 5.57. The molecule has 1 aliphatic heterocycles. The van der Waals surface area contributed by atoms with Crippen LogP contribution in [0, 0.1) is 5.82 Å². The van der Waals surface area contributed by atoms with Gasteiger partial charge in [-0.25, -0.2) is 4.39 Å². The average Bonchev–Trinajstić information content (AvgIpc) is 2.62. The third-order valence-electron chi connectivity index (χ3n) is 4.72. The van der Waals surface area contributed by atoms with Gasteiger partial charge in [0.15, 0.2) is 12.6 Å². The Labute approximate surface area is 148 Å². The molecule has 6 nitrogen and oxygen atoms in total. The molecule has 2 amide bonds. The molecule has 4 N–H and O–H groups in total. The van der Waals surface area contributed by atoms with E-state index >= 15 is 0 Å². The van der Waals surface area contributed by atoms with E-state index in [1.165, 1.54) is 15.9 Å². The van der Waals surface area contributed by atoms with Gasteiger partial charge in [0.1, 0.15) is 32.0 Å². The lowest BCUT2D eigenvalue weighted by molar-refractivity contribution is -1.01. The van der Waals surface area contributed by atoms with Gasteiger partial charge in [0.05, 0.1) is 5.69 Å². The van der Waals surface area contributed by atoms with E-state index in [0.717, 1.165) is 39.1 Å². The highest BCUT2D eigenvalue weighted by Crippen LogP contribution is 2.12. The first-order valence-electron chi connectivity index (χ1n) is 9.01. The van der Waals surface area contributed by atoms with Gasteiger partial charge in [0, 0.05) is 6.54 Å². The van der Waals surface area contributed by atoms with Gasteiger partial charge in [-0.3, -0.25) is 9.59 Å². The number of carbonyl (C=O) groups is 2. The second kappa shape index (κ2) is 9.48. The van der Waals surface area contributed by atoms with E-state index in [4.69, 9.17) is 0 Å². The van der Waals surface area contributed by atoms with Crippen LogP contribution in [0.15, 0.2) is 24.3 Å². The molecule has 1 saturated heterocycles. The van der Waals surface area contributed by atoms with E-state index < -0.39 is 5.82 Å². The predicted molar refractivity (Wildman–Crippen MR) is 94.1 cm³/mol. The molecule has 0 spiro atoms. The van der Waals surface area contributed by atoms with E-state index in [0.29, 0.717) is 6.54 Å².